The molecule has 228 valence electrons. The van der Waals surface area contributed by atoms with Gasteiger partial charge in [0.2, 0.25) is 0 Å². The van der Waals surface area contributed by atoms with Crippen molar-refractivity contribution < 1.29 is 88.7 Å². The van der Waals surface area contributed by atoms with E-state index in [2.05, 4.69) is 0 Å². The summed E-state index contributed by atoms with van der Waals surface area (Å²) in [6.45, 7) is 0. The van der Waals surface area contributed by atoms with Gasteiger partial charge in [0.15, 0.2) is 0 Å². The van der Waals surface area contributed by atoms with E-state index in [1.807, 2.05) is 0 Å². The first-order valence-electron chi connectivity index (χ1n) is 11.4. The molecule has 2 unspecified atom stereocenters. The smallest absolute Gasteiger partial charge is 0.357 e. The van der Waals surface area contributed by atoms with Crippen LogP contribution in [0.2, 0.25) is 0 Å². The Morgan fingerprint density at radius 1 is 0.432 bits per heavy atom. The lowest BCUT2D eigenvalue weighted by atomic mass is 9.75. The molecule has 0 spiro atoms. The molecule has 2 atom stereocenters. The summed E-state index contributed by atoms with van der Waals surface area (Å²) in [5.74, 6) is -18.0. The van der Waals surface area contributed by atoms with Crippen molar-refractivity contribution >= 4 is 47.8 Å². The third-order valence-corrected chi connectivity index (χ3v) is 6.07. The molecule has 2 aromatic carbocycles. The average molecular weight is 616 g/mol. The monoisotopic (exact) mass is 616 g/mol. The standard InChI is InChI=1S/C26H16O18/c27-17(28)11-3-1-9(7-13(11)19(31)32)43-25(23(39)40)5-6-26(24(41)42,16(22(37)38)15(25)21(35)36)44-10-2-4-12(18(29)30)14(8-10)20(33)34/h1-8H,(H,27,28)(H,29,30)(H,31,32)(H,33,34)(H,35,36)(H,37,38)(H,39,40)(H,41,42). The first-order valence-corrected chi connectivity index (χ1v) is 11.4. The van der Waals surface area contributed by atoms with E-state index in [-0.39, 0.29) is 12.2 Å². The molecule has 0 saturated carbocycles. The highest BCUT2D eigenvalue weighted by molar-refractivity contribution is 6.13. The molecule has 1 aliphatic rings. The summed E-state index contributed by atoms with van der Waals surface area (Å²) < 4.78 is 10.5. The van der Waals surface area contributed by atoms with Gasteiger partial charge in [-0.3, -0.25) is 0 Å². The minimum absolute atomic E-state index is 0.259. The second-order valence-electron chi connectivity index (χ2n) is 8.61. The van der Waals surface area contributed by atoms with Gasteiger partial charge in [-0.05, 0) is 48.6 Å². The average Bonchev–Trinajstić information content (AvgIpc) is 2.92. The van der Waals surface area contributed by atoms with Crippen LogP contribution >= 0.6 is 0 Å². The third kappa shape index (κ3) is 5.32. The van der Waals surface area contributed by atoms with Gasteiger partial charge in [-0.15, -0.1) is 0 Å². The lowest BCUT2D eigenvalue weighted by Gasteiger charge is -2.38. The zero-order chi connectivity index (χ0) is 33.3. The van der Waals surface area contributed by atoms with Gasteiger partial charge in [-0.25, -0.2) is 38.4 Å². The van der Waals surface area contributed by atoms with Gasteiger partial charge in [0, 0.05) is 0 Å². The molecular weight excluding hydrogens is 600 g/mol. The number of rotatable bonds is 12. The van der Waals surface area contributed by atoms with Gasteiger partial charge in [-0.2, -0.15) is 0 Å². The Labute approximate surface area is 241 Å². The van der Waals surface area contributed by atoms with Crippen LogP contribution in [0.15, 0.2) is 59.7 Å². The van der Waals surface area contributed by atoms with Crippen molar-refractivity contribution in [3.05, 3.63) is 82.0 Å². The molecule has 0 heterocycles. The maximum atomic E-state index is 12.5. The first-order chi connectivity index (χ1) is 20.4. The molecule has 8 N–H and O–H groups in total. The van der Waals surface area contributed by atoms with Crippen LogP contribution in [0.25, 0.3) is 0 Å². The molecule has 0 fully saturated rings. The van der Waals surface area contributed by atoms with E-state index in [1.165, 1.54) is 0 Å². The molecule has 44 heavy (non-hydrogen) atoms. The van der Waals surface area contributed by atoms with Crippen LogP contribution < -0.4 is 9.47 Å². The van der Waals surface area contributed by atoms with Crippen LogP contribution in [0.1, 0.15) is 41.4 Å². The summed E-state index contributed by atoms with van der Waals surface area (Å²) in [6, 6.07) is 3.77. The Kier molecular flexibility index (Phi) is 8.15. The quantitative estimate of drug-likeness (QED) is 0.151. The van der Waals surface area contributed by atoms with Gasteiger partial charge in [-0.1, -0.05) is 0 Å². The molecule has 0 bridgehead atoms. The van der Waals surface area contributed by atoms with E-state index in [9.17, 15) is 79.2 Å². The number of benzene rings is 2. The topological polar surface area (TPSA) is 317 Å². The van der Waals surface area contributed by atoms with Crippen LogP contribution in [0.5, 0.6) is 11.5 Å². The number of carboxylic acid groups (broad SMARTS) is 8. The number of carboxylic acids is 8. The van der Waals surface area contributed by atoms with E-state index in [0.29, 0.717) is 24.3 Å². The lowest BCUT2D eigenvalue weighted by Crippen LogP contribution is -2.57. The van der Waals surface area contributed by atoms with Crippen molar-refractivity contribution in [3.63, 3.8) is 0 Å². The van der Waals surface area contributed by atoms with Crippen LogP contribution in [-0.2, 0) is 19.2 Å². The SMILES string of the molecule is O=C(O)C1=C(C(=O)O)C(Oc2ccc(C(=O)O)c(C(=O)O)c2)(C(=O)O)C=CC1(Oc1ccc(C(=O)O)c(C(=O)O)c1)C(=O)O. The number of aromatic carboxylic acids is 4. The molecule has 0 aromatic heterocycles. The van der Waals surface area contributed by atoms with E-state index >= 15 is 0 Å². The van der Waals surface area contributed by atoms with Crippen LogP contribution in [0, 0.1) is 0 Å². The highest BCUT2D eigenvalue weighted by Gasteiger charge is 2.60. The second kappa shape index (κ2) is 11.3. The molecule has 2 aromatic rings. The van der Waals surface area contributed by atoms with Crippen molar-refractivity contribution in [1.29, 1.82) is 0 Å². The van der Waals surface area contributed by atoms with Crippen molar-refractivity contribution in [1.82, 2.24) is 0 Å². The van der Waals surface area contributed by atoms with E-state index in [0.717, 1.165) is 12.1 Å². The highest BCUT2D eigenvalue weighted by Crippen LogP contribution is 2.42. The van der Waals surface area contributed by atoms with E-state index in [1.54, 1.807) is 0 Å². The molecule has 18 nitrogen and oxygen atoms in total. The largest absolute Gasteiger partial charge is 0.478 e. The highest BCUT2D eigenvalue weighted by atomic mass is 16.5. The Morgan fingerprint density at radius 2 is 0.727 bits per heavy atom. The normalized spacial score (nSPS) is 19.0. The Morgan fingerprint density at radius 3 is 0.955 bits per heavy atom. The van der Waals surface area contributed by atoms with Crippen molar-refractivity contribution in [3.8, 4) is 11.5 Å². The zero-order valence-electron chi connectivity index (χ0n) is 21.3. The number of ether oxygens (including phenoxy) is 2. The molecule has 18 heteroatoms. The minimum atomic E-state index is -3.41. The fourth-order valence-electron chi connectivity index (χ4n) is 4.19. The van der Waals surface area contributed by atoms with Gasteiger partial charge < -0.3 is 50.3 Å². The summed E-state index contributed by atoms with van der Waals surface area (Å²) in [5.41, 5.74) is -13.9. The zero-order valence-corrected chi connectivity index (χ0v) is 21.3. The van der Waals surface area contributed by atoms with Crippen LogP contribution in [0.3, 0.4) is 0 Å². The predicted molar refractivity (Wildman–Crippen MR) is 134 cm³/mol. The van der Waals surface area contributed by atoms with Gasteiger partial charge in [0.25, 0.3) is 11.2 Å². The number of aliphatic carboxylic acids is 4. The Bertz CT molecular complexity index is 1620. The third-order valence-electron chi connectivity index (χ3n) is 6.07. The summed E-state index contributed by atoms with van der Waals surface area (Å²) >= 11 is 0. The lowest BCUT2D eigenvalue weighted by molar-refractivity contribution is -0.156. The maximum Gasteiger partial charge on any atom is 0.357 e. The fraction of sp³-hybridized carbons (Fsp3) is 0.0769. The number of hydrogen-bond acceptors (Lipinski definition) is 10. The predicted octanol–water partition coefficient (Wildman–Crippen LogP) is 0.620. The molecular formula is C26H16O18. The molecule has 0 aliphatic heterocycles. The second-order valence-corrected chi connectivity index (χ2v) is 8.61. The van der Waals surface area contributed by atoms with Gasteiger partial charge >= 0.3 is 47.8 Å². The van der Waals surface area contributed by atoms with E-state index in [4.69, 9.17) is 9.47 Å². The van der Waals surface area contributed by atoms with Crippen molar-refractivity contribution in [2.45, 2.75) is 11.2 Å². The van der Waals surface area contributed by atoms with Crippen molar-refractivity contribution in [2.24, 2.45) is 0 Å². The van der Waals surface area contributed by atoms with Gasteiger partial charge in [0.05, 0.1) is 22.3 Å². The number of carbonyl (C=O) groups is 8. The van der Waals surface area contributed by atoms with Crippen LogP contribution in [0.4, 0.5) is 0 Å². The minimum Gasteiger partial charge on any atom is -0.478 e. The van der Waals surface area contributed by atoms with Crippen LogP contribution in [-0.4, -0.2) is 99.8 Å². The first kappa shape index (κ1) is 31.8. The maximum absolute atomic E-state index is 12.5. The molecule has 0 saturated heterocycles. The van der Waals surface area contributed by atoms with Crippen molar-refractivity contribution in [2.75, 3.05) is 0 Å². The summed E-state index contributed by atoms with van der Waals surface area (Å²) in [5, 5.41) is 77.3. The fourth-order valence-corrected chi connectivity index (χ4v) is 4.19. The Balaban J connectivity index is 2.34. The molecule has 0 radical (unpaired) electrons. The molecule has 1 aliphatic carbocycles. The summed E-state index contributed by atoms with van der Waals surface area (Å²) in [6.07, 6.45) is 0.517. The molecule has 3 rings (SSSR count). The summed E-state index contributed by atoms with van der Waals surface area (Å²) in [7, 11) is 0. The summed E-state index contributed by atoms with van der Waals surface area (Å²) in [4.78, 5) is 95.9. The van der Waals surface area contributed by atoms with Gasteiger partial charge in [0.1, 0.15) is 22.6 Å². The number of hydrogen-bond donors (Lipinski definition) is 8. The van der Waals surface area contributed by atoms with E-state index < -0.39 is 104 Å². The molecule has 0 amide bonds. The Hall–Kier alpha value is -6.72.